The summed E-state index contributed by atoms with van der Waals surface area (Å²) in [6, 6.07) is 12.8. The van der Waals surface area contributed by atoms with Crippen LogP contribution in [0.3, 0.4) is 0 Å². The molecule has 0 radical (unpaired) electrons. The lowest BCUT2D eigenvalue weighted by atomic mass is 10.0. The van der Waals surface area contributed by atoms with Gasteiger partial charge in [-0.25, -0.2) is 14.4 Å². The SMILES string of the molecule is CC(C)Nc1nc(-c2ccccn2)nc(NC(C)C)c1Cc1ccccc1F. The van der Waals surface area contributed by atoms with Gasteiger partial charge in [-0.15, -0.1) is 0 Å². The van der Waals surface area contributed by atoms with E-state index < -0.39 is 0 Å². The Morgan fingerprint density at radius 2 is 1.46 bits per heavy atom. The minimum absolute atomic E-state index is 0.165. The van der Waals surface area contributed by atoms with Crippen molar-refractivity contribution in [3.8, 4) is 11.5 Å². The Morgan fingerprint density at radius 1 is 0.857 bits per heavy atom. The highest BCUT2D eigenvalue weighted by molar-refractivity contribution is 5.65. The standard InChI is InChI=1S/C22H26FN5/c1-14(2)25-20-17(13-16-9-5-6-10-18(16)23)21(26-15(3)4)28-22(27-20)19-11-7-8-12-24-19/h5-12,14-15H,13H2,1-4H3,(H2,25,26,27,28). The molecule has 0 atom stereocenters. The summed E-state index contributed by atoms with van der Waals surface area (Å²) in [6.07, 6.45) is 2.11. The summed E-state index contributed by atoms with van der Waals surface area (Å²) in [5.74, 6) is 1.68. The topological polar surface area (TPSA) is 62.7 Å². The lowest BCUT2D eigenvalue weighted by Gasteiger charge is -2.20. The van der Waals surface area contributed by atoms with Crippen LogP contribution in [0.4, 0.5) is 16.0 Å². The zero-order chi connectivity index (χ0) is 20.1. The molecular formula is C22H26FN5. The second kappa shape index (κ2) is 8.78. The molecule has 3 aromatic rings. The van der Waals surface area contributed by atoms with E-state index in [0.29, 0.717) is 35.1 Å². The molecule has 1 aromatic carbocycles. The zero-order valence-electron chi connectivity index (χ0n) is 16.7. The molecular weight excluding hydrogens is 353 g/mol. The number of nitrogens with zero attached hydrogens (tertiary/aromatic N) is 3. The third-order valence-electron chi connectivity index (χ3n) is 4.08. The molecule has 0 aliphatic rings. The Kier molecular flexibility index (Phi) is 6.19. The average Bonchev–Trinajstić information content (AvgIpc) is 2.65. The van der Waals surface area contributed by atoms with Gasteiger partial charge in [0.1, 0.15) is 23.1 Å². The van der Waals surface area contributed by atoms with Crippen LogP contribution in [-0.4, -0.2) is 27.0 Å². The van der Waals surface area contributed by atoms with Crippen LogP contribution < -0.4 is 10.6 Å². The predicted octanol–water partition coefficient (Wildman–Crippen LogP) is 4.91. The molecule has 2 aromatic heterocycles. The van der Waals surface area contributed by atoms with Crippen LogP contribution in [0.15, 0.2) is 48.7 Å². The number of pyridine rings is 1. The molecule has 5 nitrogen and oxygen atoms in total. The molecule has 0 spiro atoms. The minimum Gasteiger partial charge on any atom is -0.367 e. The zero-order valence-corrected chi connectivity index (χ0v) is 16.7. The van der Waals surface area contributed by atoms with Crippen molar-refractivity contribution in [1.29, 1.82) is 0 Å². The second-order valence-electron chi connectivity index (χ2n) is 7.30. The van der Waals surface area contributed by atoms with Gasteiger partial charge in [0, 0.05) is 30.3 Å². The van der Waals surface area contributed by atoms with Gasteiger partial charge in [-0.1, -0.05) is 24.3 Å². The molecule has 0 saturated carbocycles. The van der Waals surface area contributed by atoms with Crippen molar-refractivity contribution in [1.82, 2.24) is 15.0 Å². The molecule has 6 heteroatoms. The molecule has 2 N–H and O–H groups in total. The number of nitrogens with one attached hydrogen (secondary N) is 2. The highest BCUT2D eigenvalue weighted by Crippen LogP contribution is 2.29. The van der Waals surface area contributed by atoms with Gasteiger partial charge in [0.2, 0.25) is 0 Å². The summed E-state index contributed by atoms with van der Waals surface area (Å²) >= 11 is 0. The molecule has 28 heavy (non-hydrogen) atoms. The lowest BCUT2D eigenvalue weighted by Crippen LogP contribution is -2.19. The van der Waals surface area contributed by atoms with Crippen LogP contribution >= 0.6 is 0 Å². The molecule has 146 valence electrons. The van der Waals surface area contributed by atoms with Crippen molar-refractivity contribution in [3.05, 3.63) is 65.6 Å². The van der Waals surface area contributed by atoms with Crippen molar-refractivity contribution < 1.29 is 4.39 Å². The highest BCUT2D eigenvalue weighted by Gasteiger charge is 2.19. The van der Waals surface area contributed by atoms with Gasteiger partial charge in [-0.2, -0.15) is 0 Å². The largest absolute Gasteiger partial charge is 0.367 e. The Morgan fingerprint density at radius 3 is 2.00 bits per heavy atom. The second-order valence-corrected chi connectivity index (χ2v) is 7.30. The number of hydrogen-bond acceptors (Lipinski definition) is 5. The van der Waals surface area contributed by atoms with Crippen molar-refractivity contribution in [2.24, 2.45) is 0 Å². The molecule has 0 aliphatic heterocycles. The molecule has 3 rings (SSSR count). The molecule has 0 bridgehead atoms. The summed E-state index contributed by atoms with van der Waals surface area (Å²) in [6.45, 7) is 8.19. The molecule has 0 fully saturated rings. The maximum Gasteiger partial charge on any atom is 0.182 e. The van der Waals surface area contributed by atoms with Crippen LogP contribution in [0, 0.1) is 5.82 Å². The summed E-state index contributed by atoms with van der Waals surface area (Å²) in [7, 11) is 0. The molecule has 0 amide bonds. The van der Waals surface area contributed by atoms with E-state index >= 15 is 0 Å². The Bertz CT molecular complexity index is 894. The first-order valence-electron chi connectivity index (χ1n) is 9.53. The van der Waals surface area contributed by atoms with E-state index in [2.05, 4.69) is 15.6 Å². The van der Waals surface area contributed by atoms with E-state index in [9.17, 15) is 4.39 Å². The number of benzene rings is 1. The third-order valence-corrected chi connectivity index (χ3v) is 4.08. The Hall–Kier alpha value is -3.02. The molecule has 2 heterocycles. The van der Waals surface area contributed by atoms with Gasteiger partial charge in [0.05, 0.1) is 0 Å². The van der Waals surface area contributed by atoms with Gasteiger partial charge in [0.15, 0.2) is 5.82 Å². The number of aromatic nitrogens is 3. The van der Waals surface area contributed by atoms with Crippen molar-refractivity contribution in [3.63, 3.8) is 0 Å². The van der Waals surface area contributed by atoms with E-state index in [-0.39, 0.29) is 17.9 Å². The maximum absolute atomic E-state index is 14.3. The van der Waals surface area contributed by atoms with Gasteiger partial charge >= 0.3 is 0 Å². The summed E-state index contributed by atoms with van der Waals surface area (Å²) in [5, 5.41) is 6.79. The first-order valence-corrected chi connectivity index (χ1v) is 9.53. The molecule has 0 saturated heterocycles. The fourth-order valence-electron chi connectivity index (χ4n) is 2.88. The number of anilines is 2. The maximum atomic E-state index is 14.3. The first kappa shape index (κ1) is 19.7. The van der Waals surface area contributed by atoms with Gasteiger partial charge in [-0.05, 0) is 51.5 Å². The number of hydrogen-bond donors (Lipinski definition) is 2. The minimum atomic E-state index is -0.234. The van der Waals surface area contributed by atoms with Crippen molar-refractivity contribution in [2.45, 2.75) is 46.2 Å². The summed E-state index contributed by atoms with van der Waals surface area (Å²) in [5.41, 5.74) is 2.14. The van der Waals surface area contributed by atoms with Crippen LogP contribution in [0.2, 0.25) is 0 Å². The Balaban J connectivity index is 2.15. The van der Waals surface area contributed by atoms with Crippen LogP contribution in [0.25, 0.3) is 11.5 Å². The number of rotatable bonds is 7. The van der Waals surface area contributed by atoms with Crippen molar-refractivity contribution >= 4 is 11.6 Å². The van der Waals surface area contributed by atoms with Crippen LogP contribution in [0.5, 0.6) is 0 Å². The Labute approximate surface area is 165 Å². The van der Waals surface area contributed by atoms with Crippen LogP contribution in [0.1, 0.15) is 38.8 Å². The predicted molar refractivity (Wildman–Crippen MR) is 112 cm³/mol. The number of halogens is 1. The smallest absolute Gasteiger partial charge is 0.182 e. The van der Waals surface area contributed by atoms with E-state index in [4.69, 9.17) is 9.97 Å². The van der Waals surface area contributed by atoms with E-state index in [0.717, 1.165) is 5.56 Å². The average molecular weight is 379 g/mol. The lowest BCUT2D eigenvalue weighted by molar-refractivity contribution is 0.614. The van der Waals surface area contributed by atoms with Gasteiger partial charge < -0.3 is 10.6 Å². The fraction of sp³-hybridized carbons (Fsp3) is 0.318. The van der Waals surface area contributed by atoms with Crippen LogP contribution in [-0.2, 0) is 6.42 Å². The van der Waals surface area contributed by atoms with E-state index in [1.54, 1.807) is 18.3 Å². The van der Waals surface area contributed by atoms with E-state index in [1.165, 1.54) is 6.07 Å². The van der Waals surface area contributed by atoms with Crippen molar-refractivity contribution in [2.75, 3.05) is 10.6 Å². The van der Waals surface area contributed by atoms with E-state index in [1.807, 2.05) is 52.0 Å². The summed E-state index contributed by atoms with van der Waals surface area (Å²) in [4.78, 5) is 13.8. The monoisotopic (exact) mass is 379 g/mol. The van der Waals surface area contributed by atoms with Gasteiger partial charge in [-0.3, -0.25) is 4.98 Å². The fourth-order valence-corrected chi connectivity index (χ4v) is 2.88. The first-order chi connectivity index (χ1) is 13.4. The quantitative estimate of drug-likeness (QED) is 0.611. The molecule has 0 unspecified atom stereocenters. The van der Waals surface area contributed by atoms with Gasteiger partial charge in [0.25, 0.3) is 0 Å². The summed E-state index contributed by atoms with van der Waals surface area (Å²) < 4.78 is 14.3. The highest BCUT2D eigenvalue weighted by atomic mass is 19.1. The normalized spacial score (nSPS) is 11.1. The molecule has 0 aliphatic carbocycles. The third kappa shape index (κ3) is 4.82.